The first-order valence-corrected chi connectivity index (χ1v) is 5.16. The van der Waals surface area contributed by atoms with Crippen LogP contribution in [0.2, 0.25) is 0 Å². The van der Waals surface area contributed by atoms with Crippen molar-refractivity contribution in [2.24, 2.45) is 0 Å². The number of nitrogens with two attached hydrogens (primary N) is 1. The second-order valence-corrected chi connectivity index (χ2v) is 3.54. The predicted octanol–water partition coefficient (Wildman–Crippen LogP) is 0.195. The van der Waals surface area contributed by atoms with E-state index in [-0.39, 0.29) is 18.9 Å². The highest BCUT2D eigenvalue weighted by Gasteiger charge is 2.10. The molecule has 90 valence electrons. The normalized spacial score (nSPS) is 11.0. The molecule has 4 nitrogen and oxygen atoms in total. The Hall–Kier alpha value is -1.17. The van der Waals surface area contributed by atoms with E-state index in [1.54, 1.807) is 17.0 Å². The van der Waals surface area contributed by atoms with E-state index in [9.17, 15) is 4.39 Å². The third-order valence-corrected chi connectivity index (χ3v) is 2.33. The molecule has 1 aromatic carbocycles. The highest BCUT2D eigenvalue weighted by atomic mass is 19.1. The topological polar surface area (TPSA) is 69.7 Å². The minimum absolute atomic E-state index is 0.0239. The van der Waals surface area contributed by atoms with Gasteiger partial charge in [-0.3, -0.25) is 4.90 Å². The van der Waals surface area contributed by atoms with Gasteiger partial charge in [0.15, 0.2) is 5.82 Å². The highest BCUT2D eigenvalue weighted by Crippen LogP contribution is 2.16. The third kappa shape index (κ3) is 3.44. The van der Waals surface area contributed by atoms with Gasteiger partial charge in [-0.25, -0.2) is 4.39 Å². The monoisotopic (exact) mass is 228 g/mol. The van der Waals surface area contributed by atoms with Gasteiger partial charge in [0, 0.05) is 25.2 Å². The van der Waals surface area contributed by atoms with Crippen molar-refractivity contribution in [3.05, 3.63) is 29.6 Å². The van der Waals surface area contributed by atoms with Crippen molar-refractivity contribution >= 4 is 5.69 Å². The first-order chi connectivity index (χ1) is 7.69. The van der Waals surface area contributed by atoms with Crippen molar-refractivity contribution < 1.29 is 14.6 Å². The lowest BCUT2D eigenvalue weighted by atomic mass is 10.1. The molecular weight excluding hydrogens is 211 g/mol. The molecule has 0 aliphatic heterocycles. The summed E-state index contributed by atoms with van der Waals surface area (Å²) in [7, 11) is 0. The van der Waals surface area contributed by atoms with Gasteiger partial charge in [0.2, 0.25) is 0 Å². The maximum absolute atomic E-state index is 13.6. The van der Waals surface area contributed by atoms with E-state index in [2.05, 4.69) is 0 Å². The van der Waals surface area contributed by atoms with Crippen molar-refractivity contribution in [3.8, 4) is 0 Å². The summed E-state index contributed by atoms with van der Waals surface area (Å²) in [6.07, 6.45) is 0. The number of nitrogens with zero attached hydrogens (tertiary/aromatic N) is 1. The van der Waals surface area contributed by atoms with Crippen LogP contribution in [-0.4, -0.2) is 41.4 Å². The van der Waals surface area contributed by atoms with Crippen LogP contribution in [0, 0.1) is 5.82 Å². The Morgan fingerprint density at radius 3 is 2.38 bits per heavy atom. The Kier molecular flexibility index (Phi) is 5.18. The van der Waals surface area contributed by atoms with Crippen molar-refractivity contribution in [3.63, 3.8) is 0 Å². The van der Waals surface area contributed by atoms with Gasteiger partial charge in [-0.15, -0.1) is 0 Å². The molecule has 0 heterocycles. The zero-order chi connectivity index (χ0) is 12.0. The molecule has 0 saturated heterocycles. The molecule has 0 aliphatic carbocycles. The van der Waals surface area contributed by atoms with Crippen LogP contribution in [0.4, 0.5) is 10.1 Å². The van der Waals surface area contributed by atoms with Crippen LogP contribution in [0.15, 0.2) is 18.2 Å². The Morgan fingerprint density at radius 1 is 1.19 bits per heavy atom. The maximum Gasteiger partial charge on any atom is 0.150 e. The number of halogens is 1. The molecule has 0 amide bonds. The number of anilines is 1. The summed E-state index contributed by atoms with van der Waals surface area (Å²) in [5.41, 5.74) is 6.04. The summed E-state index contributed by atoms with van der Waals surface area (Å²) in [6.45, 7) is 1.08. The Morgan fingerprint density at radius 2 is 1.81 bits per heavy atom. The van der Waals surface area contributed by atoms with Gasteiger partial charge in [-0.2, -0.15) is 0 Å². The molecule has 1 aromatic rings. The predicted molar refractivity (Wildman–Crippen MR) is 60.3 cm³/mol. The van der Waals surface area contributed by atoms with E-state index in [0.29, 0.717) is 25.2 Å². The lowest BCUT2D eigenvalue weighted by molar-refractivity contribution is 0.154. The second kappa shape index (κ2) is 6.42. The molecule has 0 atom stereocenters. The average Bonchev–Trinajstić information content (AvgIpc) is 2.25. The number of hydrogen-bond donors (Lipinski definition) is 3. The van der Waals surface area contributed by atoms with Crippen LogP contribution in [0.3, 0.4) is 0 Å². The van der Waals surface area contributed by atoms with Gasteiger partial charge in [0.25, 0.3) is 0 Å². The molecule has 0 saturated carbocycles. The van der Waals surface area contributed by atoms with Gasteiger partial charge in [0.1, 0.15) is 0 Å². The van der Waals surface area contributed by atoms with Crippen molar-refractivity contribution in [1.82, 2.24) is 4.90 Å². The lowest BCUT2D eigenvalue weighted by Gasteiger charge is -2.20. The Balaban J connectivity index is 2.72. The minimum atomic E-state index is -0.427. The molecule has 0 bridgehead atoms. The van der Waals surface area contributed by atoms with Gasteiger partial charge in [-0.1, -0.05) is 12.1 Å². The number of rotatable bonds is 6. The van der Waals surface area contributed by atoms with E-state index < -0.39 is 5.82 Å². The average molecular weight is 228 g/mol. The van der Waals surface area contributed by atoms with E-state index >= 15 is 0 Å². The molecule has 0 unspecified atom stereocenters. The molecule has 4 N–H and O–H groups in total. The van der Waals surface area contributed by atoms with Crippen LogP contribution >= 0.6 is 0 Å². The molecular formula is C11H17FN2O2. The van der Waals surface area contributed by atoms with Crippen molar-refractivity contribution in [2.75, 3.05) is 32.0 Å². The number of hydrogen-bond acceptors (Lipinski definition) is 4. The SMILES string of the molecule is Nc1cccc(CN(CCO)CCO)c1F. The Labute approximate surface area is 94.1 Å². The first kappa shape index (κ1) is 12.9. The molecule has 0 aliphatic rings. The fourth-order valence-electron chi connectivity index (χ4n) is 1.52. The molecule has 16 heavy (non-hydrogen) atoms. The minimum Gasteiger partial charge on any atom is -0.396 e. The molecule has 0 radical (unpaired) electrons. The Bertz CT molecular complexity index is 328. The summed E-state index contributed by atoms with van der Waals surface area (Å²) in [4.78, 5) is 1.76. The van der Waals surface area contributed by atoms with Gasteiger partial charge >= 0.3 is 0 Å². The molecule has 0 aromatic heterocycles. The van der Waals surface area contributed by atoms with Crippen molar-refractivity contribution in [2.45, 2.75) is 6.54 Å². The summed E-state index contributed by atoms with van der Waals surface area (Å²) >= 11 is 0. The van der Waals surface area contributed by atoms with Crippen LogP contribution in [0.5, 0.6) is 0 Å². The fourth-order valence-corrected chi connectivity index (χ4v) is 1.52. The first-order valence-electron chi connectivity index (χ1n) is 5.16. The van der Waals surface area contributed by atoms with Gasteiger partial charge in [0.05, 0.1) is 18.9 Å². The van der Waals surface area contributed by atoms with E-state index in [4.69, 9.17) is 15.9 Å². The fraction of sp³-hybridized carbons (Fsp3) is 0.455. The summed E-state index contributed by atoms with van der Waals surface area (Å²) in [5.74, 6) is -0.427. The van der Waals surface area contributed by atoms with Gasteiger partial charge in [-0.05, 0) is 6.07 Å². The van der Waals surface area contributed by atoms with E-state index in [0.717, 1.165) is 0 Å². The maximum atomic E-state index is 13.6. The number of aliphatic hydroxyl groups is 2. The van der Waals surface area contributed by atoms with Gasteiger partial charge < -0.3 is 15.9 Å². The second-order valence-electron chi connectivity index (χ2n) is 3.54. The van der Waals surface area contributed by atoms with E-state index in [1.807, 2.05) is 0 Å². The zero-order valence-electron chi connectivity index (χ0n) is 9.06. The number of benzene rings is 1. The molecule has 1 rings (SSSR count). The lowest BCUT2D eigenvalue weighted by Crippen LogP contribution is -2.29. The molecule has 0 fully saturated rings. The number of aliphatic hydroxyl groups excluding tert-OH is 2. The van der Waals surface area contributed by atoms with Crippen LogP contribution in [0.25, 0.3) is 0 Å². The van der Waals surface area contributed by atoms with E-state index in [1.165, 1.54) is 6.07 Å². The summed E-state index contributed by atoms with van der Waals surface area (Å²) in [5, 5.41) is 17.6. The summed E-state index contributed by atoms with van der Waals surface area (Å²) < 4.78 is 13.6. The third-order valence-electron chi connectivity index (χ3n) is 2.33. The zero-order valence-corrected chi connectivity index (χ0v) is 9.06. The molecule has 5 heteroatoms. The highest BCUT2D eigenvalue weighted by molar-refractivity contribution is 5.42. The van der Waals surface area contributed by atoms with Crippen LogP contribution in [-0.2, 0) is 6.54 Å². The van der Waals surface area contributed by atoms with Crippen LogP contribution < -0.4 is 5.73 Å². The standard InChI is InChI=1S/C11H17FN2O2/c12-11-9(2-1-3-10(11)13)8-14(4-6-15)5-7-16/h1-3,15-16H,4-8,13H2. The number of nitrogen functional groups attached to an aromatic ring is 1. The quantitative estimate of drug-likeness (QED) is 0.608. The summed E-state index contributed by atoms with van der Waals surface area (Å²) in [6, 6.07) is 4.83. The largest absolute Gasteiger partial charge is 0.396 e. The molecule has 0 spiro atoms. The smallest absolute Gasteiger partial charge is 0.150 e. The van der Waals surface area contributed by atoms with Crippen molar-refractivity contribution in [1.29, 1.82) is 0 Å². The van der Waals surface area contributed by atoms with Crippen LogP contribution in [0.1, 0.15) is 5.56 Å².